The van der Waals surface area contributed by atoms with E-state index in [9.17, 15) is 27.2 Å². The molecule has 2 amide bonds. The second kappa shape index (κ2) is 10.6. The number of aliphatic hydroxyl groups excluding tert-OH is 1. The van der Waals surface area contributed by atoms with Gasteiger partial charge in [-0.05, 0) is 41.8 Å². The highest BCUT2D eigenvalue weighted by Gasteiger charge is 2.38. The van der Waals surface area contributed by atoms with Gasteiger partial charge in [0.1, 0.15) is 23.5 Å². The number of hydrogen-bond donors (Lipinski definition) is 3. The minimum absolute atomic E-state index is 0.0850. The van der Waals surface area contributed by atoms with Crippen LogP contribution in [-0.4, -0.2) is 47.4 Å². The first-order chi connectivity index (χ1) is 16.2. The van der Waals surface area contributed by atoms with Gasteiger partial charge in [-0.25, -0.2) is 4.39 Å². The minimum Gasteiger partial charge on any atom is -0.396 e. The summed E-state index contributed by atoms with van der Waals surface area (Å²) in [5.41, 5.74) is 0.317. The number of carbonyl (C=O) groups is 2. The van der Waals surface area contributed by atoms with Crippen LogP contribution in [-0.2, 0) is 22.3 Å². The van der Waals surface area contributed by atoms with Crippen molar-refractivity contribution in [2.45, 2.75) is 25.3 Å². The molecule has 2 aromatic carbocycles. The van der Waals surface area contributed by atoms with Gasteiger partial charge >= 0.3 is 6.18 Å². The second-order valence-electron chi connectivity index (χ2n) is 7.71. The molecule has 1 unspecified atom stereocenters. The second-order valence-corrected chi connectivity index (χ2v) is 7.71. The summed E-state index contributed by atoms with van der Waals surface area (Å²) in [5, 5.41) is 14.6. The van der Waals surface area contributed by atoms with Crippen molar-refractivity contribution in [2.75, 3.05) is 20.2 Å². The summed E-state index contributed by atoms with van der Waals surface area (Å²) < 4.78 is 52.5. The number of aliphatic hydroxyl groups is 1. The Morgan fingerprint density at radius 3 is 2.38 bits per heavy atom. The monoisotopic (exact) mass is 480 g/mol. The van der Waals surface area contributed by atoms with Gasteiger partial charge in [-0.1, -0.05) is 24.3 Å². The molecule has 0 saturated heterocycles. The van der Waals surface area contributed by atoms with Gasteiger partial charge in [0.15, 0.2) is 0 Å². The number of carbonyl (C=O) groups excluding carboxylic acids is 2. The molecule has 2 aromatic rings. The van der Waals surface area contributed by atoms with E-state index in [-0.39, 0.29) is 31.2 Å². The molecule has 0 bridgehead atoms. The largest absolute Gasteiger partial charge is 0.416 e. The van der Waals surface area contributed by atoms with Crippen LogP contribution >= 0.6 is 0 Å². The fraction of sp³-hybridized carbons (Fsp3) is 0.304. The van der Waals surface area contributed by atoms with Crippen molar-refractivity contribution in [1.29, 1.82) is 0 Å². The van der Waals surface area contributed by atoms with E-state index in [1.165, 1.54) is 48.3 Å². The maximum atomic E-state index is 13.4. The zero-order valence-corrected chi connectivity index (χ0v) is 18.3. The third-order valence-electron chi connectivity index (χ3n) is 5.34. The maximum Gasteiger partial charge on any atom is 0.416 e. The number of hydrogen-bond acceptors (Lipinski definition) is 5. The van der Waals surface area contributed by atoms with Gasteiger partial charge < -0.3 is 25.5 Å². The number of alkyl halides is 3. The zero-order valence-electron chi connectivity index (χ0n) is 18.3. The van der Waals surface area contributed by atoms with Crippen LogP contribution in [0.2, 0.25) is 0 Å². The van der Waals surface area contributed by atoms with Gasteiger partial charge in [-0.2, -0.15) is 13.2 Å². The first-order valence-electron chi connectivity index (χ1n) is 10.4. The lowest BCUT2D eigenvalue weighted by Crippen LogP contribution is -2.37. The van der Waals surface area contributed by atoms with Gasteiger partial charge in [-0.15, -0.1) is 0 Å². The van der Waals surface area contributed by atoms with Gasteiger partial charge in [0.25, 0.3) is 5.91 Å². The molecule has 11 heteroatoms. The lowest BCUT2D eigenvalue weighted by molar-refractivity contribution is -0.137. The van der Waals surface area contributed by atoms with Crippen LogP contribution in [0.25, 0.3) is 0 Å². The quantitative estimate of drug-likeness (QED) is 0.380. The summed E-state index contributed by atoms with van der Waals surface area (Å²) in [4.78, 5) is 27.5. The topological polar surface area (TPSA) is 84.9 Å². The lowest BCUT2D eigenvalue weighted by Gasteiger charge is -2.30. The van der Waals surface area contributed by atoms with Crippen molar-refractivity contribution in [3.05, 3.63) is 82.6 Å². The number of amides is 2. The number of rotatable bonds is 9. The Kier molecular flexibility index (Phi) is 7.77. The molecule has 3 N–H and O–H groups in total. The van der Waals surface area contributed by atoms with Gasteiger partial charge in [0.2, 0.25) is 6.41 Å². The van der Waals surface area contributed by atoms with Gasteiger partial charge in [0.05, 0.1) is 5.56 Å². The molecule has 1 aliphatic heterocycles. The van der Waals surface area contributed by atoms with Crippen molar-refractivity contribution < 1.29 is 32.3 Å². The number of nitrogens with zero attached hydrogens (tertiary/aromatic N) is 2. The molecule has 7 nitrogen and oxygen atoms in total. The zero-order chi connectivity index (χ0) is 24.9. The van der Waals surface area contributed by atoms with E-state index in [1.54, 1.807) is 4.90 Å². The Bertz CT molecular complexity index is 1040. The number of likely N-dealkylation sites (N-methyl/N-ethyl adjacent to an activating group) is 1. The standard InChI is InChI=1S/C23H24F4N4O3/c1-30(11-2-12-32)22(34)19-20(28-14-33)29-21(16-5-7-17(8-6-16)23(25,26)27)31(19)13-15-3-9-18(24)10-4-15/h3-10,14,21,29,32H,2,11-13H2,1H3,(H,28,33). The summed E-state index contributed by atoms with van der Waals surface area (Å²) in [6.07, 6.45) is -4.58. The van der Waals surface area contributed by atoms with Crippen LogP contribution in [0.3, 0.4) is 0 Å². The molecule has 0 radical (unpaired) electrons. The van der Waals surface area contributed by atoms with Crippen molar-refractivity contribution in [1.82, 2.24) is 20.4 Å². The first kappa shape index (κ1) is 25.0. The summed E-state index contributed by atoms with van der Waals surface area (Å²) in [5.74, 6) is -0.828. The predicted octanol–water partition coefficient (Wildman–Crippen LogP) is 2.70. The van der Waals surface area contributed by atoms with Gasteiger partial charge in [-0.3, -0.25) is 9.59 Å². The molecule has 1 heterocycles. The smallest absolute Gasteiger partial charge is 0.396 e. The van der Waals surface area contributed by atoms with E-state index in [0.29, 0.717) is 24.0 Å². The molecule has 1 atom stereocenters. The molecule has 0 aromatic heterocycles. The van der Waals surface area contributed by atoms with Crippen LogP contribution in [0.5, 0.6) is 0 Å². The van der Waals surface area contributed by atoms with Crippen molar-refractivity contribution >= 4 is 12.3 Å². The fourth-order valence-electron chi connectivity index (χ4n) is 3.62. The van der Waals surface area contributed by atoms with E-state index in [4.69, 9.17) is 5.11 Å². The fourth-order valence-corrected chi connectivity index (χ4v) is 3.62. The van der Waals surface area contributed by atoms with Crippen molar-refractivity contribution in [3.8, 4) is 0 Å². The molecule has 34 heavy (non-hydrogen) atoms. The normalized spacial score (nSPS) is 15.8. The SMILES string of the molecule is CN(CCCO)C(=O)C1=C(NC=O)NC(c2ccc(C(F)(F)F)cc2)N1Cc1ccc(F)cc1. The molecular weight excluding hydrogens is 456 g/mol. The highest BCUT2D eigenvalue weighted by Crippen LogP contribution is 2.35. The predicted molar refractivity (Wildman–Crippen MR) is 115 cm³/mol. The maximum absolute atomic E-state index is 13.4. The Balaban J connectivity index is 2.02. The first-order valence-corrected chi connectivity index (χ1v) is 10.4. The summed E-state index contributed by atoms with van der Waals surface area (Å²) >= 11 is 0. The van der Waals surface area contributed by atoms with Crippen LogP contribution in [0, 0.1) is 5.82 Å². The molecule has 3 rings (SSSR count). The van der Waals surface area contributed by atoms with Crippen LogP contribution in [0.4, 0.5) is 17.6 Å². The molecular formula is C23H24F4N4O3. The average molecular weight is 480 g/mol. The molecule has 182 valence electrons. The van der Waals surface area contributed by atoms with Crippen molar-refractivity contribution in [2.24, 2.45) is 0 Å². The molecule has 1 aliphatic rings. The van der Waals surface area contributed by atoms with E-state index < -0.39 is 29.6 Å². The Hall–Kier alpha value is -3.60. The Morgan fingerprint density at radius 1 is 1.18 bits per heavy atom. The van der Waals surface area contributed by atoms with Crippen molar-refractivity contribution in [3.63, 3.8) is 0 Å². The Labute approximate surface area is 193 Å². The third-order valence-corrected chi connectivity index (χ3v) is 5.34. The summed E-state index contributed by atoms with van der Waals surface area (Å²) in [6.45, 7) is 0.211. The third kappa shape index (κ3) is 5.66. The Morgan fingerprint density at radius 2 is 1.82 bits per heavy atom. The van der Waals surface area contributed by atoms with Crippen LogP contribution < -0.4 is 10.6 Å². The molecule has 0 aliphatic carbocycles. The van der Waals surface area contributed by atoms with E-state index in [1.807, 2.05) is 0 Å². The highest BCUT2D eigenvalue weighted by atomic mass is 19.4. The van der Waals surface area contributed by atoms with E-state index in [2.05, 4.69) is 10.6 Å². The summed E-state index contributed by atoms with van der Waals surface area (Å²) in [6, 6.07) is 10.0. The van der Waals surface area contributed by atoms with E-state index in [0.717, 1.165) is 12.1 Å². The molecule has 0 saturated carbocycles. The lowest BCUT2D eigenvalue weighted by atomic mass is 10.1. The van der Waals surface area contributed by atoms with E-state index >= 15 is 0 Å². The van der Waals surface area contributed by atoms with Crippen LogP contribution in [0.15, 0.2) is 60.0 Å². The van der Waals surface area contributed by atoms with Gasteiger partial charge in [0, 0.05) is 26.7 Å². The average Bonchev–Trinajstić information content (AvgIpc) is 3.15. The molecule has 0 fully saturated rings. The number of nitrogens with one attached hydrogen (secondary N) is 2. The van der Waals surface area contributed by atoms with Crippen LogP contribution in [0.1, 0.15) is 29.3 Å². The summed E-state index contributed by atoms with van der Waals surface area (Å²) in [7, 11) is 1.53. The minimum atomic E-state index is -4.51. The molecule has 0 spiro atoms. The number of halogens is 4. The number of benzene rings is 2. The highest BCUT2D eigenvalue weighted by molar-refractivity contribution is 5.94.